The van der Waals surface area contributed by atoms with Crippen molar-refractivity contribution < 1.29 is 5.11 Å². The largest absolute Gasteiger partial charge is 0.390 e. The van der Waals surface area contributed by atoms with Crippen molar-refractivity contribution in [3.05, 3.63) is 34.9 Å². The zero-order chi connectivity index (χ0) is 21.6. The van der Waals surface area contributed by atoms with E-state index < -0.39 is 5.60 Å². The first kappa shape index (κ1) is 22.4. The highest BCUT2D eigenvalue weighted by atomic mass is 16.3. The monoisotopic (exact) mass is 410 g/mol. The van der Waals surface area contributed by atoms with E-state index in [2.05, 4.69) is 52.8 Å². The van der Waals surface area contributed by atoms with Crippen LogP contribution in [0.15, 0.2) is 34.9 Å². The van der Waals surface area contributed by atoms with Crippen molar-refractivity contribution in [1.82, 2.24) is 0 Å². The van der Waals surface area contributed by atoms with Crippen molar-refractivity contribution in [3.63, 3.8) is 0 Å². The minimum absolute atomic E-state index is 0.365. The van der Waals surface area contributed by atoms with Crippen LogP contribution in [-0.4, -0.2) is 10.7 Å². The fourth-order valence-corrected chi connectivity index (χ4v) is 7.92. The molecule has 2 saturated carbocycles. The van der Waals surface area contributed by atoms with Gasteiger partial charge < -0.3 is 5.11 Å². The van der Waals surface area contributed by atoms with Crippen LogP contribution < -0.4 is 0 Å². The molecule has 1 nitrogen and oxygen atoms in total. The Kier molecular flexibility index (Phi) is 6.17. The first-order valence-electron chi connectivity index (χ1n) is 13.1. The van der Waals surface area contributed by atoms with Gasteiger partial charge >= 0.3 is 0 Å². The number of aliphatic hydroxyl groups is 1. The Morgan fingerprint density at radius 3 is 2.57 bits per heavy atom. The molecule has 4 rings (SSSR count). The van der Waals surface area contributed by atoms with Crippen molar-refractivity contribution in [2.45, 2.75) is 117 Å². The molecule has 0 aromatic heterocycles. The number of hydrogen-bond donors (Lipinski definition) is 1. The van der Waals surface area contributed by atoms with Gasteiger partial charge in [-0.25, -0.2) is 0 Å². The van der Waals surface area contributed by atoms with E-state index in [1.165, 1.54) is 51.4 Å². The predicted octanol–water partition coefficient (Wildman–Crippen LogP) is 8.15. The summed E-state index contributed by atoms with van der Waals surface area (Å²) in [6.45, 7) is 11.9. The van der Waals surface area contributed by atoms with E-state index in [4.69, 9.17) is 0 Å². The third-order valence-electron chi connectivity index (χ3n) is 10.3. The molecule has 0 aromatic carbocycles. The Balaban J connectivity index is 1.47. The average molecular weight is 411 g/mol. The van der Waals surface area contributed by atoms with E-state index in [-0.39, 0.29) is 0 Å². The minimum Gasteiger partial charge on any atom is -0.390 e. The van der Waals surface area contributed by atoms with Crippen LogP contribution in [0.2, 0.25) is 0 Å². The topological polar surface area (TPSA) is 20.2 Å². The van der Waals surface area contributed by atoms with E-state index in [0.717, 1.165) is 37.5 Å². The summed E-state index contributed by atoms with van der Waals surface area (Å²) in [5.41, 5.74) is 5.66. The lowest BCUT2D eigenvalue weighted by Crippen LogP contribution is -2.44. The van der Waals surface area contributed by atoms with Gasteiger partial charge in [0.25, 0.3) is 0 Å². The standard InChI is InChI=1S/C29H46O/c1-6-29(30,7-2)19-10-11-21(3)24-15-16-25-23-14-13-22-12-8-9-18-27(22,4)26(23)17-20-28(24,25)5/h13-15,21,25-26,30H,6-12,16-20H2,1-5H3/t21-,25?,26?,27?,28?/m1/s1. The first-order valence-corrected chi connectivity index (χ1v) is 13.1. The molecule has 168 valence electrons. The number of rotatable bonds is 7. The highest BCUT2D eigenvalue weighted by Gasteiger charge is 2.53. The Bertz CT molecular complexity index is 735. The summed E-state index contributed by atoms with van der Waals surface area (Å²) in [7, 11) is 0. The van der Waals surface area contributed by atoms with Crippen LogP contribution in [-0.2, 0) is 0 Å². The van der Waals surface area contributed by atoms with Crippen LogP contribution in [0.4, 0.5) is 0 Å². The first-order chi connectivity index (χ1) is 14.3. The van der Waals surface area contributed by atoms with Gasteiger partial charge in [0.15, 0.2) is 0 Å². The Labute approximate surface area is 186 Å². The molecule has 0 heterocycles. The van der Waals surface area contributed by atoms with E-state index in [1.807, 2.05) is 0 Å². The molecule has 30 heavy (non-hydrogen) atoms. The van der Waals surface area contributed by atoms with E-state index in [0.29, 0.717) is 16.7 Å². The molecule has 0 radical (unpaired) electrons. The van der Waals surface area contributed by atoms with Gasteiger partial charge in [-0.1, -0.05) is 82.4 Å². The quantitative estimate of drug-likeness (QED) is 0.420. The molecule has 0 saturated heterocycles. The molecular weight excluding hydrogens is 364 g/mol. The molecule has 0 aliphatic heterocycles. The molecule has 4 aliphatic carbocycles. The average Bonchev–Trinajstić information content (AvgIpc) is 3.10. The molecule has 1 heteroatoms. The smallest absolute Gasteiger partial charge is 0.0642 e. The molecule has 4 unspecified atom stereocenters. The molecule has 5 atom stereocenters. The second kappa shape index (κ2) is 8.27. The van der Waals surface area contributed by atoms with Gasteiger partial charge in [0.1, 0.15) is 0 Å². The molecule has 2 fully saturated rings. The second-order valence-electron chi connectivity index (χ2n) is 11.7. The van der Waals surface area contributed by atoms with Gasteiger partial charge in [0.05, 0.1) is 5.60 Å². The van der Waals surface area contributed by atoms with Crippen molar-refractivity contribution in [2.24, 2.45) is 28.6 Å². The lowest BCUT2D eigenvalue weighted by Gasteiger charge is -2.54. The molecule has 0 bridgehead atoms. The summed E-state index contributed by atoms with van der Waals surface area (Å²) in [5.74, 6) is 2.17. The fraction of sp³-hybridized carbons (Fsp3) is 0.793. The van der Waals surface area contributed by atoms with Crippen LogP contribution in [0.3, 0.4) is 0 Å². The van der Waals surface area contributed by atoms with E-state index in [9.17, 15) is 5.11 Å². The van der Waals surface area contributed by atoms with Gasteiger partial charge in [0, 0.05) is 0 Å². The Hall–Kier alpha value is -0.820. The number of hydrogen-bond acceptors (Lipinski definition) is 1. The van der Waals surface area contributed by atoms with Crippen LogP contribution in [0.5, 0.6) is 0 Å². The summed E-state index contributed by atoms with van der Waals surface area (Å²) in [6.07, 6.45) is 22.4. The van der Waals surface area contributed by atoms with Gasteiger partial charge in [-0.15, -0.1) is 0 Å². The lowest BCUT2D eigenvalue weighted by molar-refractivity contribution is 0.0204. The van der Waals surface area contributed by atoms with Crippen LogP contribution in [0.1, 0.15) is 112 Å². The summed E-state index contributed by atoms with van der Waals surface area (Å²) in [4.78, 5) is 0. The number of fused-ring (bicyclic) bond motifs is 5. The fourth-order valence-electron chi connectivity index (χ4n) is 7.92. The van der Waals surface area contributed by atoms with Crippen molar-refractivity contribution >= 4 is 0 Å². The molecule has 4 aliphatic rings. The minimum atomic E-state index is -0.444. The summed E-state index contributed by atoms with van der Waals surface area (Å²) < 4.78 is 0. The van der Waals surface area contributed by atoms with Crippen LogP contribution in [0, 0.1) is 28.6 Å². The lowest BCUT2D eigenvalue weighted by atomic mass is 9.50. The van der Waals surface area contributed by atoms with Gasteiger partial charge in [-0.3, -0.25) is 0 Å². The van der Waals surface area contributed by atoms with E-state index in [1.54, 1.807) is 16.7 Å². The maximum Gasteiger partial charge on any atom is 0.0642 e. The van der Waals surface area contributed by atoms with Crippen LogP contribution >= 0.6 is 0 Å². The molecule has 0 spiro atoms. The maximum absolute atomic E-state index is 10.7. The van der Waals surface area contributed by atoms with Gasteiger partial charge in [-0.05, 0) is 92.8 Å². The molecule has 1 N–H and O–H groups in total. The summed E-state index contributed by atoms with van der Waals surface area (Å²) in [5, 5.41) is 10.7. The summed E-state index contributed by atoms with van der Waals surface area (Å²) >= 11 is 0. The molecular formula is C29H46O. The van der Waals surface area contributed by atoms with Crippen molar-refractivity contribution in [1.29, 1.82) is 0 Å². The third-order valence-corrected chi connectivity index (χ3v) is 10.3. The maximum atomic E-state index is 10.7. The third kappa shape index (κ3) is 3.58. The highest BCUT2D eigenvalue weighted by molar-refractivity contribution is 5.42. The SMILES string of the molecule is CCC(O)(CC)CCC[C@@H](C)C1=CCC2C3=CC=C4CCCCC4(C)C3CCC12C. The molecule has 0 amide bonds. The summed E-state index contributed by atoms with van der Waals surface area (Å²) in [6, 6.07) is 0. The highest BCUT2D eigenvalue weighted by Crippen LogP contribution is 2.64. The normalized spacial score (nSPS) is 36.8. The van der Waals surface area contributed by atoms with Gasteiger partial charge in [0.2, 0.25) is 0 Å². The zero-order valence-corrected chi connectivity index (χ0v) is 20.4. The van der Waals surface area contributed by atoms with Gasteiger partial charge in [-0.2, -0.15) is 0 Å². The predicted molar refractivity (Wildman–Crippen MR) is 128 cm³/mol. The second-order valence-corrected chi connectivity index (χ2v) is 11.7. The number of allylic oxidation sites excluding steroid dienone is 6. The Morgan fingerprint density at radius 2 is 1.83 bits per heavy atom. The molecule has 0 aromatic rings. The zero-order valence-electron chi connectivity index (χ0n) is 20.4. The van der Waals surface area contributed by atoms with Crippen molar-refractivity contribution in [2.75, 3.05) is 0 Å². The van der Waals surface area contributed by atoms with E-state index >= 15 is 0 Å². The Morgan fingerprint density at radius 1 is 1.07 bits per heavy atom. The van der Waals surface area contributed by atoms with Crippen LogP contribution in [0.25, 0.3) is 0 Å². The van der Waals surface area contributed by atoms with Crippen molar-refractivity contribution in [3.8, 4) is 0 Å².